The second kappa shape index (κ2) is 14.5. The molecule has 2 rings (SSSR count). The Kier molecular flexibility index (Phi) is 12.1. The molecule has 2 aliphatic rings. The molecule has 2 saturated heterocycles. The molecule has 0 aromatic rings. The molecular formula is C27H45NO6. The summed E-state index contributed by atoms with van der Waals surface area (Å²) in [6.07, 6.45) is 17.9. The smallest absolute Gasteiger partial charge is 0.328 e. The maximum atomic E-state index is 12.5. The van der Waals surface area contributed by atoms with Gasteiger partial charge in [0.25, 0.3) is 0 Å². The van der Waals surface area contributed by atoms with Crippen LogP contribution in [0.25, 0.3) is 0 Å². The van der Waals surface area contributed by atoms with Crippen LogP contribution in [-0.2, 0) is 23.9 Å². The summed E-state index contributed by atoms with van der Waals surface area (Å²) in [5.74, 6) is -2.06. The molecule has 0 unspecified atom stereocenters. The van der Waals surface area contributed by atoms with Gasteiger partial charge in [-0.25, -0.2) is 4.79 Å². The van der Waals surface area contributed by atoms with Crippen LogP contribution in [0.5, 0.6) is 0 Å². The second-order valence-corrected chi connectivity index (χ2v) is 10.0. The highest BCUT2D eigenvalue weighted by Gasteiger charge is 2.53. The van der Waals surface area contributed by atoms with Crippen molar-refractivity contribution >= 4 is 17.8 Å². The van der Waals surface area contributed by atoms with Crippen molar-refractivity contribution in [2.45, 2.75) is 121 Å². The number of rotatable bonds is 16. The Hall–Kier alpha value is -1.89. The van der Waals surface area contributed by atoms with Gasteiger partial charge in [-0.1, -0.05) is 64.0 Å². The van der Waals surface area contributed by atoms with E-state index in [1.165, 1.54) is 63.4 Å². The van der Waals surface area contributed by atoms with Gasteiger partial charge in [0.15, 0.2) is 0 Å². The predicted molar refractivity (Wildman–Crippen MR) is 131 cm³/mol. The summed E-state index contributed by atoms with van der Waals surface area (Å²) in [5.41, 5.74) is -0.975. The van der Waals surface area contributed by atoms with Gasteiger partial charge in [-0.2, -0.15) is 0 Å². The molecule has 0 bridgehead atoms. The summed E-state index contributed by atoms with van der Waals surface area (Å²) < 4.78 is 10.4. The number of nitrogens with zero attached hydrogens (tertiary/aromatic N) is 1. The minimum absolute atomic E-state index is 0.0211. The summed E-state index contributed by atoms with van der Waals surface area (Å²) >= 11 is 0. The van der Waals surface area contributed by atoms with Gasteiger partial charge < -0.3 is 19.5 Å². The molecule has 1 N–H and O–H groups in total. The average Bonchev–Trinajstić information content (AvgIpc) is 3.28. The molecule has 2 heterocycles. The number of esters is 2. The van der Waals surface area contributed by atoms with E-state index in [4.69, 9.17) is 9.47 Å². The molecule has 4 atom stereocenters. The van der Waals surface area contributed by atoms with Crippen LogP contribution in [0.15, 0.2) is 12.2 Å². The molecule has 0 aromatic heterocycles. The fourth-order valence-corrected chi connectivity index (χ4v) is 5.05. The number of hydrogen-bond acceptors (Lipinski definition) is 6. The Morgan fingerprint density at radius 1 is 1.09 bits per heavy atom. The molecule has 34 heavy (non-hydrogen) atoms. The Morgan fingerprint density at radius 2 is 1.71 bits per heavy atom. The number of carbonyl (C=O) groups is 3. The van der Waals surface area contributed by atoms with Crippen LogP contribution in [0.2, 0.25) is 0 Å². The van der Waals surface area contributed by atoms with E-state index in [9.17, 15) is 19.5 Å². The lowest BCUT2D eigenvalue weighted by Gasteiger charge is -2.29. The summed E-state index contributed by atoms with van der Waals surface area (Å²) in [6, 6.07) is -0.699. The van der Waals surface area contributed by atoms with E-state index in [-0.39, 0.29) is 18.9 Å². The van der Waals surface area contributed by atoms with Crippen LogP contribution in [0, 0.1) is 5.92 Å². The number of hydrogen-bond donors (Lipinski definition) is 1. The fourth-order valence-electron chi connectivity index (χ4n) is 5.05. The highest BCUT2D eigenvalue weighted by atomic mass is 16.6. The Morgan fingerprint density at radius 3 is 2.35 bits per heavy atom. The van der Waals surface area contributed by atoms with Crippen LogP contribution in [-0.4, -0.2) is 59.3 Å². The van der Waals surface area contributed by atoms with Crippen LogP contribution in [0.1, 0.15) is 104 Å². The van der Waals surface area contributed by atoms with Crippen LogP contribution in [0.3, 0.4) is 0 Å². The largest absolute Gasteiger partial charge is 0.467 e. The van der Waals surface area contributed by atoms with Crippen LogP contribution in [0.4, 0.5) is 0 Å². The average molecular weight is 480 g/mol. The summed E-state index contributed by atoms with van der Waals surface area (Å²) in [6.45, 7) is 3.98. The first-order chi connectivity index (χ1) is 16.3. The standard InChI is InChI=1S/C27H45NO6/c1-4-5-6-7-8-9-10-11-12-13-14-15-16-19-27(2)24(30)21(25(31)34-27)20-28-22(26(32)33-3)17-18-23(28)29/h13-14,21-22,24,30H,4-12,15-20H2,1-3H3/b14-13+/t21-,22-,24-,27+/m0/s1. The van der Waals surface area contributed by atoms with Gasteiger partial charge in [0, 0.05) is 13.0 Å². The van der Waals surface area contributed by atoms with E-state index >= 15 is 0 Å². The van der Waals surface area contributed by atoms with Crippen molar-refractivity contribution in [3.05, 3.63) is 12.2 Å². The molecule has 0 spiro atoms. The van der Waals surface area contributed by atoms with Gasteiger partial charge in [-0.05, 0) is 45.4 Å². The first kappa shape index (κ1) is 28.3. The lowest BCUT2D eigenvalue weighted by Crippen LogP contribution is -2.47. The molecule has 0 saturated carbocycles. The monoisotopic (exact) mass is 479 g/mol. The van der Waals surface area contributed by atoms with Gasteiger partial charge >= 0.3 is 11.9 Å². The first-order valence-corrected chi connectivity index (χ1v) is 13.3. The molecule has 7 heteroatoms. The van der Waals surface area contributed by atoms with Crippen molar-refractivity contribution in [1.82, 2.24) is 4.90 Å². The van der Waals surface area contributed by atoms with Gasteiger partial charge in [-0.3, -0.25) is 9.59 Å². The zero-order valence-corrected chi connectivity index (χ0v) is 21.4. The normalized spacial score (nSPS) is 27.1. The van der Waals surface area contributed by atoms with Crippen molar-refractivity contribution < 1.29 is 29.0 Å². The number of unbranched alkanes of at least 4 members (excludes halogenated alkanes) is 9. The third kappa shape index (κ3) is 8.10. The topological polar surface area (TPSA) is 93.1 Å². The fraction of sp³-hybridized carbons (Fsp3) is 0.815. The second-order valence-electron chi connectivity index (χ2n) is 10.0. The van der Waals surface area contributed by atoms with Gasteiger partial charge in [0.05, 0.1) is 7.11 Å². The van der Waals surface area contributed by atoms with Crippen LogP contribution < -0.4 is 0 Å². The molecular weight excluding hydrogens is 434 g/mol. The Bertz CT molecular complexity index is 693. The summed E-state index contributed by atoms with van der Waals surface area (Å²) in [7, 11) is 1.28. The number of carbonyl (C=O) groups excluding carboxylic acids is 3. The molecule has 194 valence electrons. The molecule has 0 radical (unpaired) electrons. The number of methoxy groups -OCH3 is 1. The molecule has 2 fully saturated rings. The zero-order chi connectivity index (χ0) is 25.0. The number of aliphatic hydroxyl groups excluding tert-OH is 1. The molecule has 2 aliphatic heterocycles. The van der Waals surface area contributed by atoms with Gasteiger partial charge in [0.1, 0.15) is 23.7 Å². The van der Waals surface area contributed by atoms with Crippen molar-refractivity contribution in [2.75, 3.05) is 13.7 Å². The quantitative estimate of drug-likeness (QED) is 0.196. The molecule has 7 nitrogen and oxygen atoms in total. The van der Waals surface area contributed by atoms with Crippen molar-refractivity contribution in [3.63, 3.8) is 0 Å². The third-order valence-corrected chi connectivity index (χ3v) is 7.27. The lowest BCUT2D eigenvalue weighted by molar-refractivity contribution is -0.153. The minimum atomic E-state index is -1.02. The maximum Gasteiger partial charge on any atom is 0.328 e. The maximum absolute atomic E-state index is 12.5. The van der Waals surface area contributed by atoms with Gasteiger partial charge in [0.2, 0.25) is 5.91 Å². The Labute approximate surface area is 205 Å². The minimum Gasteiger partial charge on any atom is -0.467 e. The van der Waals surface area contributed by atoms with E-state index in [1.807, 2.05) is 0 Å². The zero-order valence-electron chi connectivity index (χ0n) is 21.4. The van der Waals surface area contributed by atoms with Crippen LogP contribution >= 0.6 is 0 Å². The summed E-state index contributed by atoms with van der Waals surface area (Å²) in [4.78, 5) is 38.1. The molecule has 0 aromatic carbocycles. The summed E-state index contributed by atoms with van der Waals surface area (Å²) in [5, 5.41) is 10.9. The first-order valence-electron chi connectivity index (χ1n) is 13.3. The van der Waals surface area contributed by atoms with E-state index in [1.54, 1.807) is 6.92 Å². The lowest BCUT2D eigenvalue weighted by atomic mass is 9.87. The van der Waals surface area contributed by atoms with Crippen molar-refractivity contribution in [1.29, 1.82) is 0 Å². The molecule has 0 aliphatic carbocycles. The van der Waals surface area contributed by atoms with E-state index < -0.39 is 35.6 Å². The Balaban J connectivity index is 1.68. The number of allylic oxidation sites excluding steroid dienone is 2. The number of amides is 1. The molecule has 1 amide bonds. The van der Waals surface area contributed by atoms with E-state index in [0.717, 1.165) is 19.3 Å². The van der Waals surface area contributed by atoms with Crippen molar-refractivity contribution in [3.8, 4) is 0 Å². The predicted octanol–water partition coefficient (Wildman–Crippen LogP) is 4.70. The van der Waals surface area contributed by atoms with E-state index in [2.05, 4.69) is 19.1 Å². The third-order valence-electron chi connectivity index (χ3n) is 7.27. The number of likely N-dealkylation sites (tertiary alicyclic amines) is 1. The van der Waals surface area contributed by atoms with Crippen molar-refractivity contribution in [2.24, 2.45) is 5.92 Å². The highest BCUT2D eigenvalue weighted by molar-refractivity contribution is 5.88. The highest BCUT2D eigenvalue weighted by Crippen LogP contribution is 2.37. The SMILES string of the molecule is CCCCCCCCCC/C=C/CCC[C@@]1(C)OC(=O)[C@@H](CN2C(=O)CC[C@H]2C(=O)OC)[C@@H]1O. The number of aliphatic hydroxyl groups is 1. The van der Waals surface area contributed by atoms with Gasteiger partial charge in [-0.15, -0.1) is 0 Å². The number of cyclic esters (lactones) is 1. The number of ether oxygens (including phenoxy) is 2. The van der Waals surface area contributed by atoms with E-state index in [0.29, 0.717) is 12.8 Å².